The van der Waals surface area contributed by atoms with Crippen LogP contribution >= 0.6 is 0 Å². The van der Waals surface area contributed by atoms with E-state index in [4.69, 9.17) is 5.73 Å². The number of carboxylic acids is 3. The molecule has 81 heavy (non-hydrogen) atoms. The molecule has 0 saturated carbocycles. The summed E-state index contributed by atoms with van der Waals surface area (Å²) < 4.78 is 0. The van der Waals surface area contributed by atoms with Crippen molar-refractivity contribution in [1.29, 1.82) is 0 Å². The fraction of sp³-hybridized carbons (Fsp3) is 0.393. The highest BCUT2D eigenvalue weighted by atomic mass is 16.4. The molecule has 0 aliphatic heterocycles. The Morgan fingerprint density at radius 2 is 0.728 bits per heavy atom. The van der Waals surface area contributed by atoms with Crippen LogP contribution in [0.1, 0.15) is 75.6 Å². The second-order valence-electron chi connectivity index (χ2n) is 19.9. The number of carbonyl (C=O) groups excluding carboxylic acids is 7. The van der Waals surface area contributed by atoms with Gasteiger partial charge in [-0.1, -0.05) is 82.6 Å². The van der Waals surface area contributed by atoms with Crippen molar-refractivity contribution in [1.82, 2.24) is 37.2 Å². The maximum Gasteiger partial charge on any atom is 0.326 e. The number of carbonyl (C=O) groups is 10. The molecule has 7 amide bonds. The number of carboxylic acid groups (broad SMARTS) is 3. The van der Waals surface area contributed by atoms with Gasteiger partial charge in [-0.3, -0.25) is 43.2 Å². The molecule has 0 radical (unpaired) electrons. The third-order valence-electron chi connectivity index (χ3n) is 13.1. The Kier molecular flexibility index (Phi) is 24.4. The summed E-state index contributed by atoms with van der Waals surface area (Å²) in [6, 6.07) is 9.62. The quantitative estimate of drug-likeness (QED) is 0.0328. The minimum absolute atomic E-state index is 0.0297. The number of aromatic hydroxyl groups is 4. The minimum Gasteiger partial charge on any atom is -0.508 e. The number of rotatable bonds is 31. The molecule has 0 saturated heterocycles. The molecule has 0 spiro atoms. The first-order valence-electron chi connectivity index (χ1n) is 25.9. The number of aliphatic carboxylic acids is 3. The molecule has 0 aliphatic carbocycles. The summed E-state index contributed by atoms with van der Waals surface area (Å²) in [6.45, 7) is 6.35. The lowest BCUT2D eigenvalue weighted by Crippen LogP contribution is -2.61. The van der Waals surface area contributed by atoms with Crippen LogP contribution in [0.2, 0.25) is 0 Å². The van der Waals surface area contributed by atoms with E-state index < -0.39 is 139 Å². The van der Waals surface area contributed by atoms with E-state index in [1.54, 1.807) is 27.7 Å². The van der Waals surface area contributed by atoms with Crippen molar-refractivity contribution in [3.8, 4) is 23.0 Å². The van der Waals surface area contributed by atoms with Crippen LogP contribution in [-0.2, 0) is 73.6 Å². The zero-order valence-electron chi connectivity index (χ0n) is 45.0. The first kappa shape index (κ1) is 64.3. The molecule has 25 nitrogen and oxygen atoms in total. The molecule has 9 atom stereocenters. The predicted molar refractivity (Wildman–Crippen MR) is 290 cm³/mol. The van der Waals surface area contributed by atoms with Crippen LogP contribution in [0.15, 0.2) is 97.1 Å². The number of hydrogen-bond acceptors (Lipinski definition) is 15. The third-order valence-corrected chi connectivity index (χ3v) is 13.1. The number of nitrogens with one attached hydrogen (secondary N) is 7. The molecule has 25 heteroatoms. The number of phenolic OH excluding ortho intramolecular Hbond substituents is 4. The largest absolute Gasteiger partial charge is 0.508 e. The van der Waals surface area contributed by atoms with Gasteiger partial charge >= 0.3 is 17.9 Å². The lowest BCUT2D eigenvalue weighted by molar-refractivity contribution is -0.143. The van der Waals surface area contributed by atoms with Gasteiger partial charge in [-0.05, 0) is 95.5 Å². The van der Waals surface area contributed by atoms with Gasteiger partial charge in [-0.2, -0.15) is 0 Å². The molecular weight excluding hydrogens is 1060 g/mol. The maximum atomic E-state index is 14.5. The highest BCUT2D eigenvalue weighted by Gasteiger charge is 2.37. The molecule has 0 unspecified atom stereocenters. The van der Waals surface area contributed by atoms with Crippen molar-refractivity contribution in [2.45, 2.75) is 127 Å². The SMILES string of the molecule is CC[C@H](C)[C@H](NC(=O)[C@H](CCC(=O)O)NC(=O)[C@@H](N)Cc1ccc(O)cc1)C(=O)N[C@@H](Cc1ccc(O)cc1)C(=O)N[C@@H](CC(=O)O)C(=O)N[C@@H](Cc1ccc(O)cc1)C(=O)N[C@@H](Cc1ccc(O)cc1)C(=O)N[C@H](C(=O)O)C(C)C. The Morgan fingerprint density at radius 1 is 0.407 bits per heavy atom. The minimum atomic E-state index is -1.99. The third kappa shape index (κ3) is 21.1. The lowest BCUT2D eigenvalue weighted by atomic mass is 9.96. The fourth-order valence-electron chi connectivity index (χ4n) is 8.21. The standard InChI is InChI=1S/C56H70N8O17/c1-5-30(4)48(64-50(74)40(22-23-45(69)70)58-49(73)39(57)24-31-6-14-35(65)15-7-31)55(79)62-42(26-33-10-18-37(67)19-11-33)52(76)61-44(28-46(71)72)53(77)59-41(25-32-8-16-36(66)17-9-32)51(75)60-43(27-34-12-20-38(68)21-13-34)54(78)63-47(29(2)3)56(80)81/h6-21,29-30,39-44,47-48,65-68H,5,22-28,57H2,1-4H3,(H,58,73)(H,59,77)(H,60,75)(H,61,76)(H,62,79)(H,63,78)(H,64,74)(H,69,70)(H,71,72)(H,80,81)/t30-,39-,40-,41-,42-,43-,44-,47-,48-/m0/s1. The molecule has 0 fully saturated rings. The molecule has 4 rings (SSSR count). The van der Waals surface area contributed by atoms with E-state index >= 15 is 0 Å². The van der Waals surface area contributed by atoms with Crippen LogP contribution in [0.4, 0.5) is 0 Å². The Hall–Kier alpha value is -9.26. The van der Waals surface area contributed by atoms with Crippen molar-refractivity contribution in [2.24, 2.45) is 17.6 Å². The van der Waals surface area contributed by atoms with Gasteiger partial charge in [0, 0.05) is 25.7 Å². The van der Waals surface area contributed by atoms with Gasteiger partial charge in [0.1, 0.15) is 65.3 Å². The Balaban J connectivity index is 1.66. The molecule has 4 aromatic rings. The summed E-state index contributed by atoms with van der Waals surface area (Å²) >= 11 is 0. The van der Waals surface area contributed by atoms with E-state index in [0.29, 0.717) is 22.3 Å². The Morgan fingerprint density at radius 3 is 1.09 bits per heavy atom. The van der Waals surface area contributed by atoms with Crippen molar-refractivity contribution in [2.75, 3.05) is 0 Å². The van der Waals surface area contributed by atoms with Crippen molar-refractivity contribution in [3.63, 3.8) is 0 Å². The van der Waals surface area contributed by atoms with Gasteiger partial charge in [0.25, 0.3) is 0 Å². The van der Waals surface area contributed by atoms with Crippen molar-refractivity contribution in [3.05, 3.63) is 119 Å². The van der Waals surface area contributed by atoms with E-state index in [9.17, 15) is 83.7 Å². The van der Waals surface area contributed by atoms with Gasteiger partial charge in [-0.25, -0.2) is 4.79 Å². The van der Waals surface area contributed by atoms with Crippen LogP contribution in [0.5, 0.6) is 23.0 Å². The number of hydrogen-bond donors (Lipinski definition) is 15. The molecule has 16 N–H and O–H groups in total. The Bertz CT molecular complexity index is 2830. The summed E-state index contributed by atoms with van der Waals surface area (Å²) in [6.07, 6.45) is -2.92. The topological polar surface area (TPSA) is 423 Å². The number of nitrogens with two attached hydrogens (primary N) is 1. The summed E-state index contributed by atoms with van der Waals surface area (Å²) in [4.78, 5) is 135. The second-order valence-corrected chi connectivity index (χ2v) is 19.9. The number of amides is 7. The van der Waals surface area contributed by atoms with E-state index in [1.165, 1.54) is 97.1 Å². The predicted octanol–water partition coefficient (Wildman–Crippen LogP) is 0.627. The molecule has 4 aromatic carbocycles. The monoisotopic (exact) mass is 1130 g/mol. The summed E-state index contributed by atoms with van der Waals surface area (Å²) in [7, 11) is 0. The van der Waals surface area contributed by atoms with E-state index in [1.807, 2.05) is 0 Å². The molecule has 0 aliphatic rings. The maximum absolute atomic E-state index is 14.5. The smallest absolute Gasteiger partial charge is 0.326 e. The average molecular weight is 1130 g/mol. The van der Waals surface area contributed by atoms with Crippen molar-refractivity contribution >= 4 is 59.3 Å². The van der Waals surface area contributed by atoms with Crippen LogP contribution in [0, 0.1) is 11.8 Å². The first-order chi connectivity index (χ1) is 38.2. The average Bonchev–Trinajstić information content (AvgIpc) is 3.43. The fourth-order valence-corrected chi connectivity index (χ4v) is 8.21. The van der Waals surface area contributed by atoms with E-state index in [-0.39, 0.29) is 55.1 Å². The summed E-state index contributed by atoms with van der Waals surface area (Å²) in [5.41, 5.74) is 7.78. The van der Waals surface area contributed by atoms with Gasteiger partial charge in [0.05, 0.1) is 12.5 Å². The van der Waals surface area contributed by atoms with E-state index in [0.717, 1.165) is 0 Å². The number of phenols is 4. The van der Waals surface area contributed by atoms with Crippen molar-refractivity contribution < 1.29 is 83.7 Å². The first-order valence-corrected chi connectivity index (χ1v) is 25.9. The summed E-state index contributed by atoms with van der Waals surface area (Å²) in [5, 5.41) is 86.3. The summed E-state index contributed by atoms with van der Waals surface area (Å²) in [5.74, 6) is -13.2. The van der Waals surface area contributed by atoms with Crippen LogP contribution in [-0.4, -0.2) is 143 Å². The van der Waals surface area contributed by atoms with Gasteiger partial charge in [0.2, 0.25) is 41.4 Å². The van der Waals surface area contributed by atoms with Crippen LogP contribution in [0.3, 0.4) is 0 Å². The van der Waals surface area contributed by atoms with Gasteiger partial charge in [-0.15, -0.1) is 0 Å². The van der Waals surface area contributed by atoms with E-state index in [2.05, 4.69) is 37.2 Å². The normalized spacial score (nSPS) is 14.4. The highest BCUT2D eigenvalue weighted by Crippen LogP contribution is 2.18. The van der Waals surface area contributed by atoms with Gasteiger partial charge in [0.15, 0.2) is 0 Å². The molecule has 0 bridgehead atoms. The molecule has 436 valence electrons. The van der Waals surface area contributed by atoms with Crippen LogP contribution in [0.25, 0.3) is 0 Å². The molecule has 0 heterocycles. The molecule has 0 aromatic heterocycles. The van der Waals surface area contributed by atoms with Gasteiger partial charge < -0.3 is 78.7 Å². The second kappa shape index (κ2) is 30.8. The highest BCUT2D eigenvalue weighted by molar-refractivity contribution is 5.99. The zero-order valence-corrected chi connectivity index (χ0v) is 45.0. The number of benzene rings is 4. The zero-order chi connectivity index (χ0) is 60.1. The van der Waals surface area contributed by atoms with Crippen LogP contribution < -0.4 is 43.0 Å². The molecular formula is C56H70N8O17. The Labute approximate surface area is 466 Å². The lowest BCUT2D eigenvalue weighted by Gasteiger charge is -2.29.